The molecule has 0 aromatic heterocycles. The van der Waals surface area contributed by atoms with Gasteiger partial charge in [-0.1, -0.05) is 44.5 Å². The van der Waals surface area contributed by atoms with Gasteiger partial charge >= 0.3 is 0 Å². The summed E-state index contributed by atoms with van der Waals surface area (Å²) >= 11 is 6.04. The first-order valence-electron chi connectivity index (χ1n) is 7.50. The van der Waals surface area contributed by atoms with Crippen LogP contribution in [-0.4, -0.2) is 37.1 Å². The quantitative estimate of drug-likeness (QED) is 0.747. The van der Waals surface area contributed by atoms with Gasteiger partial charge in [-0.05, 0) is 50.7 Å². The third kappa shape index (κ3) is 5.39. The second-order valence-corrected chi connectivity index (χ2v) is 5.37. The summed E-state index contributed by atoms with van der Waals surface area (Å²) in [6, 6.07) is 5.38. The molecule has 4 heteroatoms. The van der Waals surface area contributed by atoms with Crippen LogP contribution in [0.4, 0.5) is 4.39 Å². The van der Waals surface area contributed by atoms with Gasteiger partial charge in [0.15, 0.2) is 0 Å². The van der Waals surface area contributed by atoms with Crippen LogP contribution in [0.15, 0.2) is 18.2 Å². The van der Waals surface area contributed by atoms with Gasteiger partial charge in [-0.15, -0.1) is 0 Å². The van der Waals surface area contributed by atoms with E-state index in [9.17, 15) is 4.39 Å². The van der Waals surface area contributed by atoms with Crippen molar-refractivity contribution in [2.45, 2.75) is 39.7 Å². The molecule has 0 bridgehead atoms. The minimum absolute atomic E-state index is 0.262. The standard InChI is InChI=1S/C16H26ClFN2/c1-4-19-14(10-11-20(5-2)6-3)12-13-8-7-9-15(18)16(13)17/h7-9,14,19H,4-6,10-12H2,1-3H3. The fourth-order valence-corrected chi connectivity index (χ4v) is 2.62. The second kappa shape index (κ2) is 9.32. The van der Waals surface area contributed by atoms with Crippen LogP contribution in [0.5, 0.6) is 0 Å². The zero-order valence-electron chi connectivity index (χ0n) is 12.8. The molecule has 0 aliphatic rings. The number of benzene rings is 1. The number of hydrogen-bond acceptors (Lipinski definition) is 2. The third-order valence-electron chi connectivity index (χ3n) is 3.68. The van der Waals surface area contributed by atoms with Crippen molar-refractivity contribution in [3.8, 4) is 0 Å². The predicted octanol–water partition coefficient (Wildman–Crippen LogP) is 3.73. The maximum absolute atomic E-state index is 13.5. The number of hydrogen-bond donors (Lipinski definition) is 1. The third-order valence-corrected chi connectivity index (χ3v) is 4.10. The van der Waals surface area contributed by atoms with Crippen LogP contribution in [0.25, 0.3) is 0 Å². The fourth-order valence-electron chi connectivity index (χ4n) is 2.41. The molecular weight excluding hydrogens is 275 g/mol. The SMILES string of the molecule is CCNC(CCN(CC)CC)Cc1cccc(F)c1Cl. The van der Waals surface area contributed by atoms with E-state index in [1.54, 1.807) is 6.07 Å². The van der Waals surface area contributed by atoms with Crippen molar-refractivity contribution in [2.75, 3.05) is 26.2 Å². The average molecular weight is 301 g/mol. The molecule has 1 aromatic rings. The highest BCUT2D eigenvalue weighted by atomic mass is 35.5. The van der Waals surface area contributed by atoms with E-state index in [0.717, 1.165) is 44.6 Å². The van der Waals surface area contributed by atoms with Gasteiger partial charge in [0.2, 0.25) is 0 Å². The maximum Gasteiger partial charge on any atom is 0.142 e. The van der Waals surface area contributed by atoms with Gasteiger partial charge in [-0.2, -0.15) is 0 Å². The summed E-state index contributed by atoms with van der Waals surface area (Å²) in [4.78, 5) is 2.40. The molecule has 1 rings (SSSR count). The molecule has 0 saturated heterocycles. The van der Waals surface area contributed by atoms with Crippen LogP contribution in [0, 0.1) is 5.82 Å². The molecule has 0 amide bonds. The molecule has 1 atom stereocenters. The van der Waals surface area contributed by atoms with Crippen molar-refractivity contribution < 1.29 is 4.39 Å². The summed E-state index contributed by atoms with van der Waals surface area (Å²) in [6.07, 6.45) is 1.81. The van der Waals surface area contributed by atoms with Gasteiger partial charge in [0.05, 0.1) is 5.02 Å². The normalized spacial score (nSPS) is 12.9. The first-order chi connectivity index (χ1) is 9.62. The van der Waals surface area contributed by atoms with Crippen LogP contribution in [-0.2, 0) is 6.42 Å². The molecule has 0 radical (unpaired) electrons. The summed E-state index contributed by atoms with van der Waals surface area (Å²) < 4.78 is 13.5. The molecule has 20 heavy (non-hydrogen) atoms. The Morgan fingerprint density at radius 2 is 1.95 bits per heavy atom. The molecule has 1 unspecified atom stereocenters. The zero-order chi connectivity index (χ0) is 15.0. The van der Waals surface area contributed by atoms with Crippen molar-refractivity contribution in [2.24, 2.45) is 0 Å². The summed E-state index contributed by atoms with van der Waals surface area (Å²) in [5.74, 6) is -0.330. The lowest BCUT2D eigenvalue weighted by molar-refractivity contribution is 0.281. The topological polar surface area (TPSA) is 15.3 Å². The summed E-state index contributed by atoms with van der Waals surface area (Å²) in [5, 5.41) is 3.74. The monoisotopic (exact) mass is 300 g/mol. The maximum atomic E-state index is 13.5. The van der Waals surface area contributed by atoms with E-state index in [-0.39, 0.29) is 10.8 Å². The predicted molar refractivity (Wildman–Crippen MR) is 85.0 cm³/mol. The number of nitrogens with one attached hydrogen (secondary N) is 1. The molecule has 1 aromatic carbocycles. The van der Waals surface area contributed by atoms with E-state index in [1.807, 2.05) is 6.07 Å². The Labute approximate surface area is 127 Å². The molecule has 0 fully saturated rings. The molecule has 1 N–H and O–H groups in total. The number of likely N-dealkylation sites (N-methyl/N-ethyl adjacent to an activating group) is 1. The Morgan fingerprint density at radius 3 is 2.55 bits per heavy atom. The van der Waals surface area contributed by atoms with Gasteiger partial charge in [0.25, 0.3) is 0 Å². The van der Waals surface area contributed by atoms with Crippen molar-refractivity contribution in [1.82, 2.24) is 10.2 Å². The lowest BCUT2D eigenvalue weighted by Gasteiger charge is -2.23. The molecule has 0 aliphatic heterocycles. The van der Waals surface area contributed by atoms with Crippen LogP contribution in [0.2, 0.25) is 5.02 Å². The lowest BCUT2D eigenvalue weighted by atomic mass is 10.0. The fraction of sp³-hybridized carbons (Fsp3) is 0.625. The summed E-state index contributed by atoms with van der Waals surface area (Å²) in [7, 11) is 0. The molecule has 0 spiro atoms. The van der Waals surface area contributed by atoms with Gasteiger partial charge in [0.1, 0.15) is 5.82 Å². The van der Waals surface area contributed by atoms with E-state index >= 15 is 0 Å². The second-order valence-electron chi connectivity index (χ2n) is 4.99. The molecular formula is C16H26ClFN2. The molecule has 114 valence electrons. The van der Waals surface area contributed by atoms with Crippen molar-refractivity contribution in [3.63, 3.8) is 0 Å². The van der Waals surface area contributed by atoms with Crippen LogP contribution >= 0.6 is 11.6 Å². The Hall–Kier alpha value is -0.640. The Balaban J connectivity index is 2.64. The highest BCUT2D eigenvalue weighted by Crippen LogP contribution is 2.21. The lowest BCUT2D eigenvalue weighted by Crippen LogP contribution is -2.35. The Bertz CT molecular complexity index is 394. The largest absolute Gasteiger partial charge is 0.314 e. The number of rotatable bonds is 9. The van der Waals surface area contributed by atoms with E-state index in [1.165, 1.54) is 6.07 Å². The van der Waals surface area contributed by atoms with Crippen LogP contribution in [0.1, 0.15) is 32.8 Å². The van der Waals surface area contributed by atoms with Crippen molar-refractivity contribution >= 4 is 11.6 Å². The molecule has 0 heterocycles. The Morgan fingerprint density at radius 1 is 1.25 bits per heavy atom. The summed E-state index contributed by atoms with van der Waals surface area (Å²) in [5.41, 5.74) is 0.886. The van der Waals surface area contributed by atoms with Crippen LogP contribution < -0.4 is 5.32 Å². The average Bonchev–Trinajstić information content (AvgIpc) is 2.45. The first-order valence-corrected chi connectivity index (χ1v) is 7.88. The van der Waals surface area contributed by atoms with Gasteiger partial charge in [-0.25, -0.2) is 4.39 Å². The van der Waals surface area contributed by atoms with Gasteiger partial charge < -0.3 is 10.2 Å². The molecule has 0 saturated carbocycles. The highest BCUT2D eigenvalue weighted by Gasteiger charge is 2.13. The Kier molecular flexibility index (Phi) is 8.12. The van der Waals surface area contributed by atoms with Gasteiger partial charge in [0, 0.05) is 6.04 Å². The minimum Gasteiger partial charge on any atom is -0.314 e. The molecule has 0 aliphatic carbocycles. The van der Waals surface area contributed by atoms with E-state index in [2.05, 4.69) is 31.0 Å². The number of nitrogens with zero attached hydrogens (tertiary/aromatic N) is 1. The minimum atomic E-state index is -0.330. The van der Waals surface area contributed by atoms with E-state index in [0.29, 0.717) is 6.04 Å². The van der Waals surface area contributed by atoms with Crippen molar-refractivity contribution in [3.05, 3.63) is 34.6 Å². The highest BCUT2D eigenvalue weighted by molar-refractivity contribution is 6.31. The van der Waals surface area contributed by atoms with Crippen LogP contribution in [0.3, 0.4) is 0 Å². The van der Waals surface area contributed by atoms with E-state index < -0.39 is 0 Å². The number of halogens is 2. The van der Waals surface area contributed by atoms with Crippen molar-refractivity contribution in [1.29, 1.82) is 0 Å². The van der Waals surface area contributed by atoms with E-state index in [4.69, 9.17) is 11.6 Å². The van der Waals surface area contributed by atoms with Gasteiger partial charge in [-0.3, -0.25) is 0 Å². The smallest absolute Gasteiger partial charge is 0.142 e. The molecule has 2 nitrogen and oxygen atoms in total. The summed E-state index contributed by atoms with van der Waals surface area (Å²) in [6.45, 7) is 10.5. The first kappa shape index (κ1) is 17.4. The zero-order valence-corrected chi connectivity index (χ0v) is 13.5.